The highest BCUT2D eigenvalue weighted by atomic mass is 16.5. The number of amides is 1. The van der Waals surface area contributed by atoms with Gasteiger partial charge in [0.15, 0.2) is 6.10 Å². The van der Waals surface area contributed by atoms with Gasteiger partial charge in [-0.1, -0.05) is 42.5 Å². The zero-order chi connectivity index (χ0) is 17.6. The highest BCUT2D eigenvalue weighted by Crippen LogP contribution is 2.25. The molecule has 1 amide bonds. The Bertz CT molecular complexity index is 876. The van der Waals surface area contributed by atoms with Gasteiger partial charge in [0, 0.05) is 0 Å². The second-order valence-corrected chi connectivity index (χ2v) is 5.69. The van der Waals surface area contributed by atoms with E-state index in [0.29, 0.717) is 23.8 Å². The van der Waals surface area contributed by atoms with Gasteiger partial charge in [0.2, 0.25) is 0 Å². The molecule has 1 atom stereocenters. The Kier molecular flexibility index (Phi) is 5.19. The summed E-state index contributed by atoms with van der Waals surface area (Å²) in [6, 6.07) is 21.2. The van der Waals surface area contributed by atoms with E-state index in [0.717, 1.165) is 10.8 Å². The van der Waals surface area contributed by atoms with Gasteiger partial charge >= 0.3 is 0 Å². The molecule has 0 aromatic heterocycles. The maximum absolute atomic E-state index is 12.4. The first kappa shape index (κ1) is 16.8. The van der Waals surface area contributed by atoms with E-state index in [1.165, 1.54) is 0 Å². The molecule has 0 bridgehead atoms. The maximum atomic E-state index is 12.4. The number of fused-ring (bicyclic) bond motifs is 1. The molecule has 0 saturated heterocycles. The summed E-state index contributed by atoms with van der Waals surface area (Å²) in [6.45, 7) is 4.17. The average Bonchev–Trinajstić information content (AvgIpc) is 2.63. The van der Waals surface area contributed by atoms with Gasteiger partial charge in [-0.15, -0.1) is 0 Å². The second-order valence-electron chi connectivity index (χ2n) is 5.69. The van der Waals surface area contributed by atoms with E-state index in [1.54, 1.807) is 6.92 Å². The van der Waals surface area contributed by atoms with E-state index in [2.05, 4.69) is 5.32 Å². The van der Waals surface area contributed by atoms with Gasteiger partial charge < -0.3 is 14.8 Å². The quantitative estimate of drug-likeness (QED) is 0.713. The van der Waals surface area contributed by atoms with Gasteiger partial charge in [0.1, 0.15) is 11.5 Å². The number of nitrogens with one attached hydrogen (secondary N) is 1. The molecule has 0 heterocycles. The van der Waals surface area contributed by atoms with Crippen LogP contribution in [0, 0.1) is 0 Å². The SMILES string of the molecule is CCOc1ccccc1NC(=O)C(C)Oc1ccc2ccccc2c1. The van der Waals surface area contributed by atoms with Crippen molar-refractivity contribution < 1.29 is 14.3 Å². The molecule has 128 valence electrons. The Morgan fingerprint density at radius 1 is 1.00 bits per heavy atom. The number of rotatable bonds is 6. The van der Waals surface area contributed by atoms with Crippen LogP contribution in [0.1, 0.15) is 13.8 Å². The zero-order valence-corrected chi connectivity index (χ0v) is 14.4. The zero-order valence-electron chi connectivity index (χ0n) is 14.4. The van der Waals surface area contributed by atoms with Crippen molar-refractivity contribution in [1.82, 2.24) is 0 Å². The smallest absolute Gasteiger partial charge is 0.265 e. The number of hydrogen-bond donors (Lipinski definition) is 1. The van der Waals surface area contributed by atoms with Crippen molar-refractivity contribution in [1.29, 1.82) is 0 Å². The molecule has 0 saturated carbocycles. The van der Waals surface area contributed by atoms with Crippen LogP contribution in [-0.4, -0.2) is 18.6 Å². The van der Waals surface area contributed by atoms with Crippen LogP contribution in [0.25, 0.3) is 10.8 Å². The molecule has 4 heteroatoms. The molecule has 4 nitrogen and oxygen atoms in total. The molecular weight excluding hydrogens is 314 g/mol. The number of anilines is 1. The monoisotopic (exact) mass is 335 g/mol. The van der Waals surface area contributed by atoms with Crippen LogP contribution in [-0.2, 0) is 4.79 Å². The van der Waals surface area contributed by atoms with Gasteiger partial charge in [0.25, 0.3) is 5.91 Å². The number of hydrogen-bond acceptors (Lipinski definition) is 3. The van der Waals surface area contributed by atoms with Crippen LogP contribution in [0.4, 0.5) is 5.69 Å². The first-order chi connectivity index (χ1) is 12.2. The fourth-order valence-corrected chi connectivity index (χ4v) is 2.58. The summed E-state index contributed by atoms with van der Waals surface area (Å²) in [4.78, 5) is 12.4. The minimum absolute atomic E-state index is 0.222. The number of carbonyl (C=O) groups excluding carboxylic acids is 1. The van der Waals surface area contributed by atoms with Crippen molar-refractivity contribution in [3.8, 4) is 11.5 Å². The van der Waals surface area contributed by atoms with Crippen LogP contribution < -0.4 is 14.8 Å². The van der Waals surface area contributed by atoms with Gasteiger partial charge in [-0.25, -0.2) is 0 Å². The Labute approximate surface area is 147 Å². The fourth-order valence-electron chi connectivity index (χ4n) is 2.58. The lowest BCUT2D eigenvalue weighted by Gasteiger charge is -2.16. The van der Waals surface area contributed by atoms with Gasteiger partial charge in [-0.2, -0.15) is 0 Å². The van der Waals surface area contributed by atoms with Crippen molar-refractivity contribution >= 4 is 22.4 Å². The second kappa shape index (κ2) is 7.71. The Balaban J connectivity index is 1.69. The first-order valence-electron chi connectivity index (χ1n) is 8.35. The topological polar surface area (TPSA) is 47.6 Å². The normalized spacial score (nSPS) is 11.8. The van der Waals surface area contributed by atoms with Crippen molar-refractivity contribution in [3.05, 3.63) is 66.7 Å². The van der Waals surface area contributed by atoms with Crippen LogP contribution in [0.3, 0.4) is 0 Å². The Hall–Kier alpha value is -3.01. The molecule has 0 aliphatic heterocycles. The molecule has 3 aromatic rings. The summed E-state index contributed by atoms with van der Waals surface area (Å²) >= 11 is 0. The van der Waals surface area contributed by atoms with Gasteiger partial charge in [-0.05, 0) is 48.9 Å². The van der Waals surface area contributed by atoms with Crippen molar-refractivity contribution in [2.75, 3.05) is 11.9 Å². The molecule has 3 rings (SSSR count). The minimum Gasteiger partial charge on any atom is -0.492 e. The van der Waals surface area contributed by atoms with Crippen molar-refractivity contribution in [3.63, 3.8) is 0 Å². The molecule has 3 aromatic carbocycles. The predicted molar refractivity (Wildman–Crippen MR) is 100 cm³/mol. The molecule has 0 spiro atoms. The third-order valence-corrected chi connectivity index (χ3v) is 3.85. The Morgan fingerprint density at radius 3 is 2.52 bits per heavy atom. The molecule has 0 radical (unpaired) electrons. The number of ether oxygens (including phenoxy) is 2. The lowest BCUT2D eigenvalue weighted by molar-refractivity contribution is -0.122. The van der Waals surface area contributed by atoms with Gasteiger partial charge in [0.05, 0.1) is 12.3 Å². The highest BCUT2D eigenvalue weighted by Gasteiger charge is 2.16. The van der Waals surface area contributed by atoms with Crippen molar-refractivity contribution in [2.24, 2.45) is 0 Å². The minimum atomic E-state index is -0.629. The first-order valence-corrected chi connectivity index (χ1v) is 8.35. The summed E-state index contributed by atoms with van der Waals surface area (Å²) < 4.78 is 11.3. The summed E-state index contributed by atoms with van der Waals surface area (Å²) in [5.41, 5.74) is 0.642. The van der Waals surface area contributed by atoms with Crippen LogP contribution in [0.15, 0.2) is 66.7 Å². The van der Waals surface area contributed by atoms with Gasteiger partial charge in [-0.3, -0.25) is 4.79 Å². The van der Waals surface area contributed by atoms with E-state index < -0.39 is 6.10 Å². The van der Waals surface area contributed by atoms with E-state index >= 15 is 0 Å². The number of carbonyl (C=O) groups is 1. The fraction of sp³-hybridized carbons (Fsp3) is 0.190. The van der Waals surface area contributed by atoms with Crippen molar-refractivity contribution in [2.45, 2.75) is 20.0 Å². The van der Waals surface area contributed by atoms with E-state index in [9.17, 15) is 4.79 Å². The van der Waals surface area contributed by atoms with E-state index in [-0.39, 0.29) is 5.91 Å². The predicted octanol–water partition coefficient (Wildman–Crippen LogP) is 4.64. The summed E-state index contributed by atoms with van der Waals surface area (Å²) in [6.07, 6.45) is -0.629. The number of benzene rings is 3. The maximum Gasteiger partial charge on any atom is 0.265 e. The molecule has 25 heavy (non-hydrogen) atoms. The summed E-state index contributed by atoms with van der Waals surface area (Å²) in [5.74, 6) is 1.09. The third-order valence-electron chi connectivity index (χ3n) is 3.85. The molecule has 0 aliphatic rings. The van der Waals surface area contributed by atoms with Crippen LogP contribution >= 0.6 is 0 Å². The highest BCUT2D eigenvalue weighted by molar-refractivity contribution is 5.95. The van der Waals surface area contributed by atoms with Crippen LogP contribution in [0.2, 0.25) is 0 Å². The molecule has 1 N–H and O–H groups in total. The van der Waals surface area contributed by atoms with E-state index in [4.69, 9.17) is 9.47 Å². The van der Waals surface area contributed by atoms with E-state index in [1.807, 2.05) is 73.7 Å². The largest absolute Gasteiger partial charge is 0.492 e. The molecular formula is C21H21NO3. The molecule has 0 fully saturated rings. The summed E-state index contributed by atoms with van der Waals surface area (Å²) in [7, 11) is 0. The number of para-hydroxylation sites is 2. The summed E-state index contributed by atoms with van der Waals surface area (Å²) in [5, 5.41) is 5.08. The lowest BCUT2D eigenvalue weighted by Crippen LogP contribution is -2.30. The molecule has 0 aliphatic carbocycles. The third kappa shape index (κ3) is 4.10. The van der Waals surface area contributed by atoms with Crippen LogP contribution in [0.5, 0.6) is 11.5 Å². The standard InChI is InChI=1S/C21H21NO3/c1-3-24-20-11-7-6-10-19(20)22-21(23)15(2)25-18-13-12-16-8-4-5-9-17(16)14-18/h4-15H,3H2,1-2H3,(H,22,23). The lowest BCUT2D eigenvalue weighted by atomic mass is 10.1. The molecule has 1 unspecified atom stereocenters. The Morgan fingerprint density at radius 2 is 1.72 bits per heavy atom. The average molecular weight is 335 g/mol.